The van der Waals surface area contributed by atoms with Gasteiger partial charge in [0, 0.05) is 5.69 Å². The van der Waals surface area contributed by atoms with E-state index in [9.17, 15) is 0 Å². The van der Waals surface area contributed by atoms with Crippen molar-refractivity contribution in [1.82, 2.24) is 9.78 Å². The summed E-state index contributed by atoms with van der Waals surface area (Å²) < 4.78 is 2.35. The standard InChI is InChI=1S/C13H20N2/c1-2-4-9-13-11(6-3-1)10-14-15(13)12-7-5-8-12/h10,12H,1-9H2. The summed E-state index contributed by atoms with van der Waals surface area (Å²) in [7, 11) is 0. The number of rotatable bonds is 1. The predicted octanol–water partition coefficient (Wildman–Crippen LogP) is 3.27. The van der Waals surface area contributed by atoms with E-state index in [4.69, 9.17) is 0 Å². The number of hydrogen-bond acceptors (Lipinski definition) is 1. The molecule has 1 aromatic rings. The smallest absolute Gasteiger partial charge is 0.0524 e. The van der Waals surface area contributed by atoms with E-state index in [1.807, 2.05) is 0 Å². The molecule has 0 N–H and O–H groups in total. The molecule has 1 aromatic heterocycles. The van der Waals surface area contributed by atoms with Crippen LogP contribution in [-0.4, -0.2) is 9.78 Å². The molecule has 1 saturated carbocycles. The Hall–Kier alpha value is -0.790. The fraction of sp³-hybridized carbons (Fsp3) is 0.769. The van der Waals surface area contributed by atoms with Crippen LogP contribution in [0.15, 0.2) is 6.20 Å². The zero-order valence-electron chi connectivity index (χ0n) is 9.41. The summed E-state index contributed by atoms with van der Waals surface area (Å²) >= 11 is 0. The van der Waals surface area contributed by atoms with Crippen LogP contribution in [0.4, 0.5) is 0 Å². The Morgan fingerprint density at radius 2 is 1.80 bits per heavy atom. The summed E-state index contributed by atoms with van der Waals surface area (Å²) in [5, 5.41) is 4.62. The average molecular weight is 204 g/mol. The summed E-state index contributed by atoms with van der Waals surface area (Å²) in [6.07, 6.45) is 14.3. The molecule has 1 fully saturated rings. The maximum absolute atomic E-state index is 4.62. The summed E-state index contributed by atoms with van der Waals surface area (Å²) in [4.78, 5) is 0. The van der Waals surface area contributed by atoms with Crippen LogP contribution in [0.25, 0.3) is 0 Å². The van der Waals surface area contributed by atoms with Crippen molar-refractivity contribution in [2.75, 3.05) is 0 Å². The molecule has 0 amide bonds. The third kappa shape index (κ3) is 1.70. The molecule has 0 aliphatic heterocycles. The van der Waals surface area contributed by atoms with Crippen molar-refractivity contribution in [3.63, 3.8) is 0 Å². The van der Waals surface area contributed by atoms with Gasteiger partial charge >= 0.3 is 0 Å². The van der Waals surface area contributed by atoms with Gasteiger partial charge in [-0.05, 0) is 50.5 Å². The lowest BCUT2D eigenvalue weighted by Crippen LogP contribution is -2.20. The number of aryl methyl sites for hydroxylation is 1. The molecule has 2 aliphatic carbocycles. The van der Waals surface area contributed by atoms with Gasteiger partial charge in [-0.2, -0.15) is 5.10 Å². The Balaban J connectivity index is 1.88. The second kappa shape index (κ2) is 3.99. The molecule has 82 valence electrons. The maximum atomic E-state index is 4.62. The van der Waals surface area contributed by atoms with Crippen molar-refractivity contribution in [3.8, 4) is 0 Å². The van der Waals surface area contributed by atoms with Gasteiger partial charge in [-0.1, -0.05) is 12.8 Å². The van der Waals surface area contributed by atoms with Crippen LogP contribution < -0.4 is 0 Å². The van der Waals surface area contributed by atoms with Gasteiger partial charge < -0.3 is 0 Å². The second-order valence-corrected chi connectivity index (χ2v) is 5.06. The average Bonchev–Trinajstić information content (AvgIpc) is 2.45. The molecule has 1 heterocycles. The Morgan fingerprint density at radius 1 is 1.00 bits per heavy atom. The predicted molar refractivity (Wildman–Crippen MR) is 61.0 cm³/mol. The summed E-state index contributed by atoms with van der Waals surface area (Å²) in [6.45, 7) is 0. The van der Waals surface area contributed by atoms with E-state index < -0.39 is 0 Å². The quantitative estimate of drug-likeness (QED) is 0.686. The number of fused-ring (bicyclic) bond motifs is 1. The molecule has 2 heteroatoms. The minimum Gasteiger partial charge on any atom is -0.266 e. The molecule has 0 radical (unpaired) electrons. The molecule has 0 aromatic carbocycles. The van der Waals surface area contributed by atoms with Crippen LogP contribution in [-0.2, 0) is 12.8 Å². The van der Waals surface area contributed by atoms with Gasteiger partial charge in [0.15, 0.2) is 0 Å². The first-order valence-corrected chi connectivity index (χ1v) is 6.50. The molecule has 0 bridgehead atoms. The molecule has 0 spiro atoms. The Morgan fingerprint density at radius 3 is 2.53 bits per heavy atom. The third-order valence-corrected chi connectivity index (χ3v) is 4.02. The zero-order chi connectivity index (χ0) is 10.1. The van der Waals surface area contributed by atoms with E-state index in [1.165, 1.54) is 57.8 Å². The topological polar surface area (TPSA) is 17.8 Å². The minimum absolute atomic E-state index is 0.744. The van der Waals surface area contributed by atoms with Gasteiger partial charge in [-0.15, -0.1) is 0 Å². The van der Waals surface area contributed by atoms with Crippen LogP contribution >= 0.6 is 0 Å². The highest BCUT2D eigenvalue weighted by Crippen LogP contribution is 2.33. The van der Waals surface area contributed by atoms with Crippen LogP contribution in [0.1, 0.15) is 62.2 Å². The van der Waals surface area contributed by atoms with Crippen molar-refractivity contribution in [2.24, 2.45) is 0 Å². The largest absolute Gasteiger partial charge is 0.266 e. The Kier molecular flexibility index (Phi) is 2.51. The first-order valence-electron chi connectivity index (χ1n) is 6.50. The van der Waals surface area contributed by atoms with Gasteiger partial charge in [0.1, 0.15) is 0 Å². The number of hydrogen-bond donors (Lipinski definition) is 0. The first kappa shape index (κ1) is 9.44. The lowest BCUT2D eigenvalue weighted by atomic mass is 9.92. The SMILES string of the molecule is c1nn(C2CCC2)c2c1CCCCCC2. The van der Waals surface area contributed by atoms with E-state index in [0.29, 0.717) is 0 Å². The fourth-order valence-electron chi connectivity index (χ4n) is 2.81. The normalized spacial score (nSPS) is 22.7. The Bertz CT molecular complexity index is 336. The monoisotopic (exact) mass is 204 g/mol. The molecule has 0 unspecified atom stereocenters. The van der Waals surface area contributed by atoms with E-state index in [-0.39, 0.29) is 0 Å². The maximum Gasteiger partial charge on any atom is 0.0524 e. The fourth-order valence-corrected chi connectivity index (χ4v) is 2.81. The van der Waals surface area contributed by atoms with Gasteiger partial charge in [0.05, 0.1) is 12.2 Å². The van der Waals surface area contributed by atoms with E-state index in [1.54, 1.807) is 11.3 Å². The van der Waals surface area contributed by atoms with Crippen molar-refractivity contribution >= 4 is 0 Å². The van der Waals surface area contributed by atoms with Gasteiger partial charge in [-0.25, -0.2) is 0 Å². The number of nitrogens with zero attached hydrogens (tertiary/aromatic N) is 2. The van der Waals surface area contributed by atoms with Gasteiger partial charge in [0.2, 0.25) is 0 Å². The van der Waals surface area contributed by atoms with Crippen molar-refractivity contribution in [3.05, 3.63) is 17.5 Å². The van der Waals surface area contributed by atoms with Gasteiger partial charge in [0.25, 0.3) is 0 Å². The summed E-state index contributed by atoms with van der Waals surface area (Å²) in [6, 6.07) is 0.744. The highest BCUT2D eigenvalue weighted by molar-refractivity contribution is 5.20. The Labute approximate surface area is 91.7 Å². The number of aromatic nitrogens is 2. The summed E-state index contributed by atoms with van der Waals surface area (Å²) in [5.74, 6) is 0. The van der Waals surface area contributed by atoms with Crippen molar-refractivity contribution in [1.29, 1.82) is 0 Å². The highest BCUT2D eigenvalue weighted by Gasteiger charge is 2.24. The van der Waals surface area contributed by atoms with Crippen LogP contribution in [0.2, 0.25) is 0 Å². The summed E-state index contributed by atoms with van der Waals surface area (Å²) in [5.41, 5.74) is 3.11. The molecule has 0 atom stereocenters. The van der Waals surface area contributed by atoms with Crippen molar-refractivity contribution in [2.45, 2.75) is 63.8 Å². The molecular formula is C13H20N2. The molecule has 2 aliphatic rings. The molecule has 3 rings (SSSR count). The van der Waals surface area contributed by atoms with Crippen LogP contribution in [0.3, 0.4) is 0 Å². The highest BCUT2D eigenvalue weighted by atomic mass is 15.3. The second-order valence-electron chi connectivity index (χ2n) is 5.06. The minimum atomic E-state index is 0.744. The molecular weight excluding hydrogens is 184 g/mol. The zero-order valence-corrected chi connectivity index (χ0v) is 9.41. The molecule has 15 heavy (non-hydrogen) atoms. The van der Waals surface area contributed by atoms with Gasteiger partial charge in [-0.3, -0.25) is 4.68 Å². The first-order chi connectivity index (χ1) is 7.45. The lowest BCUT2D eigenvalue weighted by molar-refractivity contribution is 0.281. The molecule has 2 nitrogen and oxygen atoms in total. The molecule has 0 saturated heterocycles. The van der Waals surface area contributed by atoms with Crippen LogP contribution in [0, 0.1) is 0 Å². The third-order valence-electron chi connectivity index (χ3n) is 4.02. The van der Waals surface area contributed by atoms with Crippen molar-refractivity contribution < 1.29 is 0 Å². The van der Waals surface area contributed by atoms with Crippen LogP contribution in [0.5, 0.6) is 0 Å². The lowest BCUT2D eigenvalue weighted by Gasteiger charge is -2.28. The van der Waals surface area contributed by atoms with E-state index in [0.717, 1.165) is 6.04 Å². The van der Waals surface area contributed by atoms with E-state index in [2.05, 4.69) is 16.0 Å². The van der Waals surface area contributed by atoms with E-state index >= 15 is 0 Å².